The Morgan fingerprint density at radius 2 is 1.86 bits per heavy atom. The van der Waals surface area contributed by atoms with E-state index in [1.165, 1.54) is 12.2 Å². The summed E-state index contributed by atoms with van der Waals surface area (Å²) in [6.07, 6.45) is 11.1. The maximum absolute atomic E-state index is 12.2. The Labute approximate surface area is 133 Å². The highest BCUT2D eigenvalue weighted by Gasteiger charge is 2.20. The molecule has 0 aromatic heterocycles. The Balaban J connectivity index is 2.66. The molecule has 0 bridgehead atoms. The molecule has 0 aromatic rings. The summed E-state index contributed by atoms with van der Waals surface area (Å²) in [7, 11) is 0. The summed E-state index contributed by atoms with van der Waals surface area (Å²) in [5, 5.41) is 9.84. The number of cyclic esters (lactones) is 1. The SMILES string of the molecule is CCCCC[C@H]1OC(=O)CCCCCCC[C@@H](O)/C=C/C1=O. The zero-order valence-corrected chi connectivity index (χ0v) is 13.8. The minimum absolute atomic E-state index is 0.208. The van der Waals surface area contributed by atoms with E-state index in [4.69, 9.17) is 4.74 Å². The van der Waals surface area contributed by atoms with E-state index in [1.807, 2.05) is 0 Å². The molecule has 1 rings (SSSR count). The van der Waals surface area contributed by atoms with Crippen molar-refractivity contribution in [3.63, 3.8) is 0 Å². The topological polar surface area (TPSA) is 63.6 Å². The smallest absolute Gasteiger partial charge is 0.306 e. The molecule has 4 heteroatoms. The maximum Gasteiger partial charge on any atom is 0.306 e. The van der Waals surface area contributed by atoms with Crippen LogP contribution in [0.15, 0.2) is 12.2 Å². The molecule has 2 atom stereocenters. The maximum atomic E-state index is 12.2. The molecule has 0 radical (unpaired) electrons. The molecule has 1 heterocycles. The van der Waals surface area contributed by atoms with Crippen molar-refractivity contribution in [2.45, 2.75) is 89.8 Å². The Bertz CT molecular complexity index is 362. The third-order valence-electron chi connectivity index (χ3n) is 4.02. The zero-order valence-electron chi connectivity index (χ0n) is 13.8. The number of esters is 1. The molecule has 0 saturated heterocycles. The van der Waals surface area contributed by atoms with Gasteiger partial charge in [-0.3, -0.25) is 9.59 Å². The molecule has 126 valence electrons. The van der Waals surface area contributed by atoms with Crippen LogP contribution in [0.25, 0.3) is 0 Å². The predicted octanol–water partition coefficient (Wildman–Crippen LogP) is 3.71. The van der Waals surface area contributed by atoms with Gasteiger partial charge in [-0.1, -0.05) is 51.5 Å². The first-order chi connectivity index (χ1) is 10.6. The number of ketones is 1. The van der Waals surface area contributed by atoms with Gasteiger partial charge in [0.15, 0.2) is 11.9 Å². The number of rotatable bonds is 4. The van der Waals surface area contributed by atoms with E-state index in [2.05, 4.69) is 6.92 Å². The van der Waals surface area contributed by atoms with Crippen molar-refractivity contribution in [3.8, 4) is 0 Å². The predicted molar refractivity (Wildman–Crippen MR) is 86.5 cm³/mol. The summed E-state index contributed by atoms with van der Waals surface area (Å²) in [5.41, 5.74) is 0. The first-order valence-corrected chi connectivity index (χ1v) is 8.73. The van der Waals surface area contributed by atoms with Crippen LogP contribution in [0.5, 0.6) is 0 Å². The van der Waals surface area contributed by atoms with Crippen molar-refractivity contribution in [1.29, 1.82) is 0 Å². The summed E-state index contributed by atoms with van der Waals surface area (Å²) < 4.78 is 5.37. The fourth-order valence-corrected chi connectivity index (χ4v) is 2.62. The molecule has 1 aliphatic rings. The molecular formula is C18H30O4. The third-order valence-corrected chi connectivity index (χ3v) is 4.02. The molecule has 0 spiro atoms. The standard InChI is InChI=1S/C18H30O4/c1-2-3-7-11-17-16(20)14-13-15(19)10-8-5-4-6-9-12-18(21)22-17/h13-15,17,19H,2-12H2,1H3/b14-13+/t15-,17-/m1/s1. The second kappa shape index (κ2) is 11.4. The molecule has 1 N–H and O–H groups in total. The fraction of sp³-hybridized carbons (Fsp3) is 0.778. The second-order valence-corrected chi connectivity index (χ2v) is 6.11. The molecular weight excluding hydrogens is 280 g/mol. The van der Waals surface area contributed by atoms with E-state index in [0.29, 0.717) is 19.3 Å². The van der Waals surface area contributed by atoms with Gasteiger partial charge in [0.1, 0.15) is 0 Å². The van der Waals surface area contributed by atoms with Gasteiger partial charge in [-0.2, -0.15) is 0 Å². The van der Waals surface area contributed by atoms with E-state index >= 15 is 0 Å². The van der Waals surface area contributed by atoms with Gasteiger partial charge in [-0.25, -0.2) is 0 Å². The van der Waals surface area contributed by atoms with Crippen LogP contribution in [0, 0.1) is 0 Å². The van der Waals surface area contributed by atoms with Crippen LogP contribution in [0.2, 0.25) is 0 Å². The van der Waals surface area contributed by atoms with Gasteiger partial charge >= 0.3 is 5.97 Å². The molecule has 4 nitrogen and oxygen atoms in total. The van der Waals surface area contributed by atoms with E-state index in [1.54, 1.807) is 0 Å². The number of aliphatic hydroxyl groups is 1. The van der Waals surface area contributed by atoms with Crippen LogP contribution < -0.4 is 0 Å². The van der Waals surface area contributed by atoms with Crippen molar-refractivity contribution in [2.75, 3.05) is 0 Å². The highest BCUT2D eigenvalue weighted by atomic mass is 16.5. The second-order valence-electron chi connectivity index (χ2n) is 6.11. The lowest BCUT2D eigenvalue weighted by molar-refractivity contribution is -0.154. The molecule has 0 aliphatic carbocycles. The number of hydrogen-bond donors (Lipinski definition) is 1. The normalized spacial score (nSPS) is 27.0. The van der Waals surface area contributed by atoms with Gasteiger partial charge in [0.05, 0.1) is 6.10 Å². The van der Waals surface area contributed by atoms with Crippen LogP contribution in [0.3, 0.4) is 0 Å². The molecule has 0 amide bonds. The summed E-state index contributed by atoms with van der Waals surface area (Å²) >= 11 is 0. The molecule has 0 saturated carbocycles. The largest absolute Gasteiger partial charge is 0.454 e. The number of unbranched alkanes of at least 4 members (excludes halogenated alkanes) is 2. The lowest BCUT2D eigenvalue weighted by Gasteiger charge is -2.16. The van der Waals surface area contributed by atoms with Crippen LogP contribution in [0.4, 0.5) is 0 Å². The van der Waals surface area contributed by atoms with Crippen molar-refractivity contribution in [3.05, 3.63) is 12.2 Å². The van der Waals surface area contributed by atoms with E-state index in [0.717, 1.165) is 51.4 Å². The van der Waals surface area contributed by atoms with Gasteiger partial charge in [0.25, 0.3) is 0 Å². The summed E-state index contributed by atoms with van der Waals surface area (Å²) in [5.74, 6) is -0.485. The highest BCUT2D eigenvalue weighted by Crippen LogP contribution is 2.14. The van der Waals surface area contributed by atoms with Gasteiger partial charge in [0, 0.05) is 6.42 Å². The fourth-order valence-electron chi connectivity index (χ4n) is 2.62. The number of carbonyl (C=O) groups excluding carboxylic acids is 2. The van der Waals surface area contributed by atoms with Crippen LogP contribution in [-0.4, -0.2) is 29.1 Å². The lowest BCUT2D eigenvalue weighted by atomic mass is 10.0. The van der Waals surface area contributed by atoms with E-state index < -0.39 is 12.2 Å². The van der Waals surface area contributed by atoms with Gasteiger partial charge < -0.3 is 9.84 Å². The Morgan fingerprint density at radius 1 is 1.14 bits per heavy atom. The molecule has 0 unspecified atom stereocenters. The Morgan fingerprint density at radius 3 is 2.64 bits per heavy atom. The molecule has 22 heavy (non-hydrogen) atoms. The number of hydrogen-bond acceptors (Lipinski definition) is 4. The molecule has 0 fully saturated rings. The Kier molecular flexibility index (Phi) is 9.80. The number of carbonyl (C=O) groups is 2. The van der Waals surface area contributed by atoms with Crippen molar-refractivity contribution in [2.24, 2.45) is 0 Å². The van der Waals surface area contributed by atoms with Crippen molar-refractivity contribution in [1.82, 2.24) is 0 Å². The summed E-state index contributed by atoms with van der Waals surface area (Å²) in [6.45, 7) is 2.09. The van der Waals surface area contributed by atoms with E-state index in [9.17, 15) is 14.7 Å². The minimum Gasteiger partial charge on any atom is -0.454 e. The van der Waals surface area contributed by atoms with Gasteiger partial charge in [0.2, 0.25) is 0 Å². The lowest BCUT2D eigenvalue weighted by Crippen LogP contribution is -2.26. The average Bonchev–Trinajstić information content (AvgIpc) is 2.50. The number of aliphatic hydroxyl groups excluding tert-OH is 1. The highest BCUT2D eigenvalue weighted by molar-refractivity contribution is 5.94. The minimum atomic E-state index is -0.689. The zero-order chi connectivity index (χ0) is 16.2. The van der Waals surface area contributed by atoms with Gasteiger partial charge in [-0.15, -0.1) is 0 Å². The summed E-state index contributed by atoms with van der Waals surface area (Å²) in [6, 6.07) is 0. The van der Waals surface area contributed by atoms with Crippen LogP contribution in [0.1, 0.15) is 77.6 Å². The summed E-state index contributed by atoms with van der Waals surface area (Å²) in [4.78, 5) is 24.1. The molecule has 1 aliphatic heterocycles. The van der Waals surface area contributed by atoms with Crippen LogP contribution in [-0.2, 0) is 14.3 Å². The number of ether oxygens (including phenoxy) is 1. The third kappa shape index (κ3) is 8.32. The Hall–Kier alpha value is -1.16. The molecule has 0 aromatic carbocycles. The quantitative estimate of drug-likeness (QED) is 0.635. The average molecular weight is 310 g/mol. The first kappa shape index (κ1) is 18.9. The van der Waals surface area contributed by atoms with Crippen molar-refractivity contribution >= 4 is 11.8 Å². The monoisotopic (exact) mass is 310 g/mol. The van der Waals surface area contributed by atoms with Crippen LogP contribution >= 0.6 is 0 Å². The first-order valence-electron chi connectivity index (χ1n) is 8.73. The van der Waals surface area contributed by atoms with Gasteiger partial charge in [-0.05, 0) is 31.8 Å². The van der Waals surface area contributed by atoms with Crippen molar-refractivity contribution < 1.29 is 19.4 Å². The van der Waals surface area contributed by atoms with E-state index in [-0.39, 0.29) is 11.8 Å².